The average Bonchev–Trinajstić information content (AvgIpc) is 3.34. The lowest BCUT2D eigenvalue weighted by Gasteiger charge is -2.14. The van der Waals surface area contributed by atoms with Crippen LogP contribution in [0.1, 0.15) is 39.4 Å². The van der Waals surface area contributed by atoms with E-state index in [1.54, 1.807) is 18.2 Å². The Bertz CT molecular complexity index is 1560. The van der Waals surface area contributed by atoms with Gasteiger partial charge in [0.05, 0.1) is 23.4 Å². The number of fused-ring (bicyclic) bond motifs is 3. The summed E-state index contributed by atoms with van der Waals surface area (Å²) >= 11 is 0. The first-order chi connectivity index (χ1) is 21.3. The van der Waals surface area contributed by atoms with Gasteiger partial charge in [-0.05, 0) is 59.0 Å². The first-order valence-corrected chi connectivity index (χ1v) is 14.2. The summed E-state index contributed by atoms with van der Waals surface area (Å²) in [5.74, 6) is -0.650. The number of ether oxygens (including phenoxy) is 3. The predicted molar refractivity (Wildman–Crippen MR) is 160 cm³/mol. The molecule has 0 aromatic heterocycles. The van der Waals surface area contributed by atoms with Gasteiger partial charge in [0.25, 0.3) is 0 Å². The fourth-order valence-corrected chi connectivity index (χ4v) is 5.09. The number of amides is 1. The molecule has 0 bridgehead atoms. The minimum absolute atomic E-state index is 0.0116. The number of nitrogens with one attached hydrogen (secondary N) is 2. The number of carbonyl (C=O) groups is 2. The first kappa shape index (κ1) is 30.6. The van der Waals surface area contributed by atoms with Gasteiger partial charge >= 0.3 is 18.2 Å². The molecule has 1 amide bonds. The van der Waals surface area contributed by atoms with Crippen molar-refractivity contribution in [1.82, 2.24) is 5.32 Å². The Kier molecular flexibility index (Phi) is 9.81. The molecular formula is C34H31F3N2O5. The fourth-order valence-electron chi connectivity index (χ4n) is 5.09. The Morgan fingerprint density at radius 2 is 1.43 bits per heavy atom. The molecule has 1 aliphatic carbocycles. The van der Waals surface area contributed by atoms with Crippen molar-refractivity contribution in [2.45, 2.75) is 18.5 Å². The Balaban J connectivity index is 0.984. The van der Waals surface area contributed by atoms with E-state index in [1.165, 1.54) is 18.2 Å². The average molecular weight is 605 g/mol. The normalized spacial score (nSPS) is 12.2. The fraction of sp³-hybridized carbons (Fsp3) is 0.235. The molecule has 10 heteroatoms. The summed E-state index contributed by atoms with van der Waals surface area (Å²) in [4.78, 5) is 24.9. The molecule has 4 aromatic carbocycles. The van der Waals surface area contributed by atoms with E-state index in [4.69, 9.17) is 14.2 Å². The second-order valence-electron chi connectivity index (χ2n) is 10.1. The highest BCUT2D eigenvalue weighted by Crippen LogP contribution is 2.44. The summed E-state index contributed by atoms with van der Waals surface area (Å²) in [5.41, 5.74) is 4.50. The Morgan fingerprint density at radius 1 is 0.750 bits per heavy atom. The summed E-state index contributed by atoms with van der Waals surface area (Å²) in [6.45, 7) is 1.04. The first-order valence-electron chi connectivity index (χ1n) is 14.2. The third kappa shape index (κ3) is 7.57. The summed E-state index contributed by atoms with van der Waals surface area (Å²) in [6, 6.07) is 27.4. The quantitative estimate of drug-likeness (QED) is 0.128. The number of carbonyl (C=O) groups excluding carboxylic acids is 2. The number of alkyl halides is 3. The minimum Gasteiger partial charge on any atom is -0.460 e. The zero-order valence-corrected chi connectivity index (χ0v) is 23.7. The van der Waals surface area contributed by atoms with Crippen LogP contribution in [0.5, 0.6) is 0 Å². The van der Waals surface area contributed by atoms with E-state index in [-0.39, 0.29) is 37.0 Å². The SMILES string of the molecule is O=C(NCCCOCCOC(=O)c1ccccc1Nc1cccc(C(F)(F)F)c1)OCC1c2ccccc2-c2ccccc21. The van der Waals surface area contributed by atoms with Crippen LogP contribution in [0, 0.1) is 0 Å². The lowest BCUT2D eigenvalue weighted by Crippen LogP contribution is -2.27. The molecular weight excluding hydrogens is 573 g/mol. The Labute approximate surface area is 253 Å². The van der Waals surface area contributed by atoms with Crippen molar-refractivity contribution in [3.05, 3.63) is 119 Å². The number of alkyl carbamates (subject to hydrolysis) is 1. The van der Waals surface area contributed by atoms with E-state index in [1.807, 2.05) is 24.3 Å². The monoisotopic (exact) mass is 604 g/mol. The molecule has 0 heterocycles. The molecule has 0 unspecified atom stereocenters. The molecule has 44 heavy (non-hydrogen) atoms. The van der Waals surface area contributed by atoms with Gasteiger partial charge < -0.3 is 24.8 Å². The highest BCUT2D eigenvalue weighted by molar-refractivity contribution is 5.96. The number of para-hydroxylation sites is 1. The van der Waals surface area contributed by atoms with Gasteiger partial charge in [-0.25, -0.2) is 9.59 Å². The van der Waals surface area contributed by atoms with Crippen molar-refractivity contribution in [3.8, 4) is 11.1 Å². The molecule has 7 nitrogen and oxygen atoms in total. The van der Waals surface area contributed by atoms with Gasteiger partial charge in [0.1, 0.15) is 13.2 Å². The molecule has 0 aliphatic heterocycles. The molecule has 0 fully saturated rings. The van der Waals surface area contributed by atoms with E-state index < -0.39 is 23.8 Å². The van der Waals surface area contributed by atoms with Gasteiger partial charge in [-0.15, -0.1) is 0 Å². The zero-order valence-electron chi connectivity index (χ0n) is 23.7. The molecule has 1 aliphatic rings. The van der Waals surface area contributed by atoms with Gasteiger partial charge in [0.15, 0.2) is 0 Å². The van der Waals surface area contributed by atoms with E-state index in [0.29, 0.717) is 25.3 Å². The maximum absolute atomic E-state index is 13.0. The number of esters is 1. The lowest BCUT2D eigenvalue weighted by molar-refractivity contribution is -0.137. The molecule has 2 N–H and O–H groups in total. The zero-order chi connectivity index (χ0) is 30.9. The van der Waals surface area contributed by atoms with Crippen LogP contribution in [-0.4, -0.2) is 45.0 Å². The highest BCUT2D eigenvalue weighted by Gasteiger charge is 2.31. The van der Waals surface area contributed by atoms with Crippen LogP contribution in [0.3, 0.4) is 0 Å². The van der Waals surface area contributed by atoms with Gasteiger partial charge in [-0.1, -0.05) is 66.7 Å². The lowest BCUT2D eigenvalue weighted by atomic mass is 9.98. The minimum atomic E-state index is -4.48. The third-order valence-electron chi connectivity index (χ3n) is 7.16. The van der Waals surface area contributed by atoms with Gasteiger partial charge in [0.2, 0.25) is 0 Å². The second kappa shape index (κ2) is 14.1. The summed E-state index contributed by atoms with van der Waals surface area (Å²) in [5, 5.41) is 5.58. The molecule has 0 saturated carbocycles. The third-order valence-corrected chi connectivity index (χ3v) is 7.16. The molecule has 4 aromatic rings. The molecule has 228 valence electrons. The van der Waals surface area contributed by atoms with Crippen LogP contribution in [0.4, 0.5) is 29.3 Å². The maximum Gasteiger partial charge on any atom is 0.416 e. The Hall–Kier alpha value is -4.83. The van der Waals surface area contributed by atoms with Crippen LogP contribution in [0.2, 0.25) is 0 Å². The predicted octanol–water partition coefficient (Wildman–Crippen LogP) is 7.55. The van der Waals surface area contributed by atoms with Crippen molar-refractivity contribution in [2.24, 2.45) is 0 Å². The maximum atomic E-state index is 13.0. The molecule has 5 rings (SSSR count). The largest absolute Gasteiger partial charge is 0.460 e. The summed E-state index contributed by atoms with van der Waals surface area (Å²) in [6.07, 6.45) is -4.45. The standard InChI is InChI=1S/C34H31F3N2O5/c35-34(36,37)23-9-7-10-24(21-23)39-31-16-6-5-15-29(31)32(40)43-20-19-42-18-8-17-38-33(41)44-22-30-27-13-3-1-11-25(27)26-12-2-4-14-28(26)30/h1-7,9-16,21,30,39H,8,17-20,22H2,(H,38,41). The van der Waals surface area contributed by atoms with Crippen LogP contribution < -0.4 is 10.6 Å². The number of halogens is 3. The van der Waals surface area contributed by atoms with E-state index in [9.17, 15) is 22.8 Å². The van der Waals surface area contributed by atoms with Crippen LogP contribution >= 0.6 is 0 Å². The van der Waals surface area contributed by atoms with Gasteiger partial charge in [-0.2, -0.15) is 13.2 Å². The molecule has 0 atom stereocenters. The van der Waals surface area contributed by atoms with Crippen LogP contribution in [-0.2, 0) is 20.4 Å². The number of rotatable bonds is 12. The van der Waals surface area contributed by atoms with Gasteiger partial charge in [-0.3, -0.25) is 0 Å². The number of anilines is 2. The van der Waals surface area contributed by atoms with E-state index in [2.05, 4.69) is 34.9 Å². The van der Waals surface area contributed by atoms with Crippen molar-refractivity contribution >= 4 is 23.4 Å². The highest BCUT2D eigenvalue weighted by atomic mass is 19.4. The summed E-state index contributed by atoms with van der Waals surface area (Å²) in [7, 11) is 0. The smallest absolute Gasteiger partial charge is 0.416 e. The number of hydrogen-bond acceptors (Lipinski definition) is 6. The number of benzene rings is 4. The van der Waals surface area contributed by atoms with Crippen LogP contribution in [0.15, 0.2) is 97.1 Å². The van der Waals surface area contributed by atoms with Crippen molar-refractivity contribution < 1.29 is 37.0 Å². The molecule has 0 saturated heterocycles. The summed E-state index contributed by atoms with van der Waals surface area (Å²) < 4.78 is 55.5. The Morgan fingerprint density at radius 3 is 2.16 bits per heavy atom. The van der Waals surface area contributed by atoms with E-state index >= 15 is 0 Å². The van der Waals surface area contributed by atoms with E-state index in [0.717, 1.165) is 34.4 Å². The molecule has 0 spiro atoms. The molecule has 0 radical (unpaired) electrons. The van der Waals surface area contributed by atoms with Crippen LogP contribution in [0.25, 0.3) is 11.1 Å². The van der Waals surface area contributed by atoms with Crippen molar-refractivity contribution in [3.63, 3.8) is 0 Å². The second-order valence-corrected chi connectivity index (χ2v) is 10.1. The van der Waals surface area contributed by atoms with Crippen molar-refractivity contribution in [2.75, 3.05) is 38.3 Å². The number of hydrogen-bond donors (Lipinski definition) is 2. The van der Waals surface area contributed by atoms with Gasteiger partial charge in [0, 0.05) is 24.8 Å². The topological polar surface area (TPSA) is 85.9 Å². The van der Waals surface area contributed by atoms with Crippen molar-refractivity contribution in [1.29, 1.82) is 0 Å².